The van der Waals surface area contributed by atoms with Crippen LogP contribution in [0.5, 0.6) is 0 Å². The van der Waals surface area contributed by atoms with Crippen LogP contribution >= 0.6 is 23.4 Å². The maximum absolute atomic E-state index is 12.3. The van der Waals surface area contributed by atoms with E-state index in [9.17, 15) is 4.79 Å². The minimum atomic E-state index is -0.272. The van der Waals surface area contributed by atoms with Gasteiger partial charge in [0, 0.05) is 17.2 Å². The number of amides is 1. The number of nitrogens with zero attached hydrogens (tertiary/aromatic N) is 3. The molecular formula is C23H27ClN4OS. The lowest BCUT2D eigenvalue weighted by atomic mass is 10.2. The normalized spacial score (nSPS) is 12.0. The van der Waals surface area contributed by atoms with Crippen molar-refractivity contribution in [3.8, 4) is 5.69 Å². The summed E-state index contributed by atoms with van der Waals surface area (Å²) in [6, 6.07) is 15.8. The molecule has 0 saturated carbocycles. The van der Waals surface area contributed by atoms with Gasteiger partial charge in [0.1, 0.15) is 0 Å². The summed E-state index contributed by atoms with van der Waals surface area (Å²) in [5.74, 6) is 1.50. The molecule has 0 aliphatic carbocycles. The minimum Gasteiger partial charge on any atom is -0.346 e. The van der Waals surface area contributed by atoms with E-state index in [4.69, 9.17) is 11.6 Å². The number of halogens is 1. The van der Waals surface area contributed by atoms with Crippen LogP contribution in [0.2, 0.25) is 5.02 Å². The molecule has 0 saturated heterocycles. The average Bonchev–Trinajstić information content (AvgIpc) is 3.17. The molecule has 0 bridgehead atoms. The van der Waals surface area contributed by atoms with E-state index in [-0.39, 0.29) is 11.9 Å². The maximum atomic E-state index is 12.3. The third-order valence-corrected chi connectivity index (χ3v) is 6.04. The number of thioether (sulfide) groups is 1. The molecule has 3 rings (SSSR count). The summed E-state index contributed by atoms with van der Waals surface area (Å²) in [5, 5.41) is 13.4. The Balaban J connectivity index is 1.93. The number of hydrogen-bond donors (Lipinski definition) is 1. The number of hydrogen-bond acceptors (Lipinski definition) is 4. The van der Waals surface area contributed by atoms with Crippen LogP contribution in [0.3, 0.4) is 0 Å². The van der Waals surface area contributed by atoms with Gasteiger partial charge in [-0.3, -0.25) is 9.36 Å². The van der Waals surface area contributed by atoms with E-state index < -0.39 is 0 Å². The van der Waals surface area contributed by atoms with E-state index in [2.05, 4.69) is 34.6 Å². The predicted octanol–water partition coefficient (Wildman–Crippen LogP) is 5.89. The fraction of sp³-hybridized carbons (Fsp3) is 0.348. The van der Waals surface area contributed by atoms with Crippen LogP contribution in [-0.4, -0.2) is 20.7 Å². The number of aryl methyl sites for hydroxylation is 1. The molecule has 1 aromatic heterocycles. The highest BCUT2D eigenvalue weighted by Crippen LogP contribution is 2.30. The standard InChI is InChI=1S/C23H27ClN4OS/c1-4-5-11-21(29)25-17(3)22-26-27-23(30-15-18-9-7-6-8-10-18)28(22)20-14-19(24)13-12-16(20)2/h6-10,12-14,17H,4-5,11,15H2,1-3H3,(H,25,29). The molecule has 1 atom stereocenters. The zero-order chi connectivity index (χ0) is 21.5. The summed E-state index contributed by atoms with van der Waals surface area (Å²) in [7, 11) is 0. The molecule has 7 heteroatoms. The van der Waals surface area contributed by atoms with E-state index in [1.807, 2.05) is 54.8 Å². The molecule has 0 fully saturated rings. The monoisotopic (exact) mass is 442 g/mol. The molecule has 0 radical (unpaired) electrons. The zero-order valence-electron chi connectivity index (χ0n) is 17.6. The van der Waals surface area contributed by atoms with Gasteiger partial charge in [-0.05, 0) is 43.5 Å². The lowest BCUT2D eigenvalue weighted by Gasteiger charge is -2.18. The van der Waals surface area contributed by atoms with E-state index in [0.29, 0.717) is 17.3 Å². The van der Waals surface area contributed by atoms with Crippen LogP contribution in [0.15, 0.2) is 53.7 Å². The summed E-state index contributed by atoms with van der Waals surface area (Å²) in [6.07, 6.45) is 2.37. The quantitative estimate of drug-likeness (QED) is 0.420. The molecule has 0 aliphatic heterocycles. The van der Waals surface area contributed by atoms with E-state index in [1.165, 1.54) is 5.56 Å². The molecule has 1 N–H and O–H groups in total. The van der Waals surface area contributed by atoms with E-state index in [0.717, 1.165) is 35.0 Å². The first kappa shape index (κ1) is 22.4. The molecular weight excluding hydrogens is 416 g/mol. The summed E-state index contributed by atoms with van der Waals surface area (Å²) in [4.78, 5) is 12.3. The third-order valence-electron chi connectivity index (χ3n) is 4.80. The minimum absolute atomic E-state index is 0.0280. The lowest BCUT2D eigenvalue weighted by molar-refractivity contribution is -0.121. The molecule has 3 aromatic rings. The Morgan fingerprint density at radius 3 is 2.70 bits per heavy atom. The molecule has 0 aliphatic rings. The number of carbonyl (C=O) groups excluding carboxylic acids is 1. The topological polar surface area (TPSA) is 59.8 Å². The number of rotatable bonds is 9. The zero-order valence-corrected chi connectivity index (χ0v) is 19.1. The molecule has 2 aromatic carbocycles. The largest absolute Gasteiger partial charge is 0.346 e. The number of aromatic nitrogens is 3. The van der Waals surface area contributed by atoms with Gasteiger partial charge in [0.25, 0.3) is 0 Å². The molecule has 1 unspecified atom stereocenters. The Kier molecular flexibility index (Phi) is 7.94. The summed E-state index contributed by atoms with van der Waals surface area (Å²) >= 11 is 7.92. The Labute approximate surface area is 187 Å². The van der Waals surface area contributed by atoms with Crippen molar-refractivity contribution in [3.05, 3.63) is 70.5 Å². The Morgan fingerprint density at radius 2 is 1.97 bits per heavy atom. The van der Waals surface area contributed by atoms with Crippen molar-refractivity contribution in [2.45, 2.75) is 57.0 Å². The smallest absolute Gasteiger partial charge is 0.220 e. The van der Waals surface area contributed by atoms with Crippen LogP contribution in [0.25, 0.3) is 5.69 Å². The molecule has 158 valence electrons. The first-order chi connectivity index (χ1) is 14.5. The van der Waals surface area contributed by atoms with Gasteiger partial charge < -0.3 is 5.32 Å². The lowest BCUT2D eigenvalue weighted by Crippen LogP contribution is -2.28. The average molecular weight is 443 g/mol. The Hall–Kier alpha value is -2.31. The SMILES string of the molecule is CCCCC(=O)NC(C)c1nnc(SCc2ccccc2)n1-c1cc(Cl)ccc1C. The van der Waals surface area contributed by atoms with Gasteiger partial charge in [0.15, 0.2) is 11.0 Å². The van der Waals surface area contributed by atoms with E-state index in [1.54, 1.807) is 11.8 Å². The third kappa shape index (κ3) is 5.64. The highest BCUT2D eigenvalue weighted by molar-refractivity contribution is 7.98. The van der Waals surface area contributed by atoms with Crippen LogP contribution in [0, 0.1) is 6.92 Å². The second-order valence-electron chi connectivity index (χ2n) is 7.27. The first-order valence-corrected chi connectivity index (χ1v) is 11.5. The fourth-order valence-corrected chi connectivity index (χ4v) is 4.22. The van der Waals surface area contributed by atoms with Gasteiger partial charge in [-0.2, -0.15) is 0 Å². The fourth-order valence-electron chi connectivity index (χ4n) is 3.14. The van der Waals surface area contributed by atoms with E-state index >= 15 is 0 Å². The van der Waals surface area contributed by atoms with Crippen molar-refractivity contribution in [1.29, 1.82) is 0 Å². The Morgan fingerprint density at radius 1 is 1.20 bits per heavy atom. The predicted molar refractivity (Wildman–Crippen MR) is 123 cm³/mol. The number of carbonyl (C=O) groups is 1. The molecule has 5 nitrogen and oxygen atoms in total. The van der Waals surface area contributed by atoms with Crippen molar-refractivity contribution in [3.63, 3.8) is 0 Å². The summed E-state index contributed by atoms with van der Waals surface area (Å²) in [6.45, 7) is 6.05. The van der Waals surface area contributed by atoms with Gasteiger partial charge in [0.05, 0.1) is 11.7 Å². The van der Waals surface area contributed by atoms with Crippen LogP contribution in [0.1, 0.15) is 56.1 Å². The maximum Gasteiger partial charge on any atom is 0.220 e. The number of unbranched alkanes of at least 4 members (excludes halogenated alkanes) is 1. The van der Waals surface area contributed by atoms with Gasteiger partial charge in [0.2, 0.25) is 5.91 Å². The van der Waals surface area contributed by atoms with Crippen molar-refractivity contribution >= 4 is 29.3 Å². The van der Waals surface area contributed by atoms with Crippen molar-refractivity contribution in [2.24, 2.45) is 0 Å². The van der Waals surface area contributed by atoms with Crippen LogP contribution in [0.4, 0.5) is 0 Å². The molecule has 1 heterocycles. The van der Waals surface area contributed by atoms with Crippen molar-refractivity contribution < 1.29 is 4.79 Å². The molecule has 1 amide bonds. The van der Waals surface area contributed by atoms with Crippen molar-refractivity contribution in [1.82, 2.24) is 20.1 Å². The first-order valence-electron chi connectivity index (χ1n) is 10.2. The summed E-state index contributed by atoms with van der Waals surface area (Å²) < 4.78 is 2.01. The van der Waals surface area contributed by atoms with Gasteiger partial charge >= 0.3 is 0 Å². The van der Waals surface area contributed by atoms with Crippen LogP contribution in [-0.2, 0) is 10.5 Å². The molecule has 30 heavy (non-hydrogen) atoms. The van der Waals surface area contributed by atoms with Gasteiger partial charge in [-0.1, -0.05) is 73.1 Å². The summed E-state index contributed by atoms with van der Waals surface area (Å²) in [5.41, 5.74) is 3.20. The Bertz CT molecular complexity index is 990. The number of nitrogens with one attached hydrogen (secondary N) is 1. The highest BCUT2D eigenvalue weighted by atomic mass is 35.5. The highest BCUT2D eigenvalue weighted by Gasteiger charge is 2.22. The second kappa shape index (κ2) is 10.6. The number of benzene rings is 2. The molecule has 0 spiro atoms. The second-order valence-corrected chi connectivity index (χ2v) is 8.65. The van der Waals surface area contributed by atoms with Gasteiger partial charge in [-0.25, -0.2) is 0 Å². The van der Waals surface area contributed by atoms with Crippen LogP contribution < -0.4 is 5.32 Å². The van der Waals surface area contributed by atoms with Gasteiger partial charge in [-0.15, -0.1) is 10.2 Å². The van der Waals surface area contributed by atoms with Crippen molar-refractivity contribution in [2.75, 3.05) is 0 Å².